The average molecular weight is 462 g/mol. The van der Waals surface area contributed by atoms with Gasteiger partial charge in [-0.3, -0.25) is 4.79 Å². The maximum Gasteiger partial charge on any atom is 0.255 e. The standard InChI is InChI=1S/C24H32BrNO3/c1-4-5-6-7-14-28-21-10-8-9-20(17-21)26-24(27)19-11-12-23(22(25)16-19)29-15-13-18(2)3/h8-12,16-18H,4-7,13-15H2,1-3H3,(H,26,27). The number of amides is 1. The lowest BCUT2D eigenvalue weighted by Gasteiger charge is -2.12. The minimum atomic E-state index is -0.167. The molecule has 0 aromatic heterocycles. The minimum Gasteiger partial charge on any atom is -0.494 e. The second kappa shape index (κ2) is 12.5. The Hall–Kier alpha value is -2.01. The number of carbonyl (C=O) groups is 1. The number of nitrogens with one attached hydrogen (secondary N) is 1. The Morgan fingerprint density at radius 3 is 2.59 bits per heavy atom. The van der Waals surface area contributed by atoms with Gasteiger partial charge in [-0.05, 0) is 65.0 Å². The maximum absolute atomic E-state index is 12.6. The highest BCUT2D eigenvalue weighted by Gasteiger charge is 2.10. The monoisotopic (exact) mass is 461 g/mol. The van der Waals surface area contributed by atoms with Gasteiger partial charge in [-0.2, -0.15) is 0 Å². The summed E-state index contributed by atoms with van der Waals surface area (Å²) in [5.41, 5.74) is 1.29. The number of ether oxygens (including phenoxy) is 2. The van der Waals surface area contributed by atoms with Gasteiger partial charge in [0, 0.05) is 17.3 Å². The summed E-state index contributed by atoms with van der Waals surface area (Å²) in [6.45, 7) is 7.88. The molecule has 0 radical (unpaired) electrons. The van der Waals surface area contributed by atoms with Crippen LogP contribution in [0.1, 0.15) is 63.2 Å². The number of benzene rings is 2. The normalized spacial score (nSPS) is 10.8. The van der Waals surface area contributed by atoms with E-state index in [1.165, 1.54) is 19.3 Å². The second-order valence-electron chi connectivity index (χ2n) is 7.57. The van der Waals surface area contributed by atoms with Crippen molar-refractivity contribution in [3.63, 3.8) is 0 Å². The van der Waals surface area contributed by atoms with E-state index in [1.807, 2.05) is 30.3 Å². The lowest BCUT2D eigenvalue weighted by Crippen LogP contribution is -2.12. The highest BCUT2D eigenvalue weighted by Crippen LogP contribution is 2.27. The van der Waals surface area contributed by atoms with E-state index >= 15 is 0 Å². The van der Waals surface area contributed by atoms with E-state index < -0.39 is 0 Å². The molecule has 0 fully saturated rings. The average Bonchev–Trinajstić information content (AvgIpc) is 2.69. The van der Waals surface area contributed by atoms with Gasteiger partial charge in [0.2, 0.25) is 0 Å². The Labute approximate surface area is 183 Å². The van der Waals surface area contributed by atoms with Gasteiger partial charge in [0.15, 0.2) is 0 Å². The van der Waals surface area contributed by atoms with Crippen molar-refractivity contribution < 1.29 is 14.3 Å². The third-order valence-electron chi connectivity index (χ3n) is 4.51. The molecular formula is C24H32BrNO3. The molecule has 1 amide bonds. The predicted molar refractivity (Wildman–Crippen MR) is 123 cm³/mol. The van der Waals surface area contributed by atoms with E-state index in [0.29, 0.717) is 24.7 Å². The third kappa shape index (κ3) is 8.48. The van der Waals surface area contributed by atoms with Crippen molar-refractivity contribution >= 4 is 27.5 Å². The predicted octanol–water partition coefficient (Wildman–Crippen LogP) is 7.09. The molecule has 2 aromatic carbocycles. The molecular weight excluding hydrogens is 430 g/mol. The first-order valence-corrected chi connectivity index (χ1v) is 11.3. The quantitative estimate of drug-likeness (QED) is 0.343. The van der Waals surface area contributed by atoms with Gasteiger partial charge in [-0.1, -0.05) is 46.1 Å². The molecule has 0 saturated carbocycles. The number of hydrogen-bond donors (Lipinski definition) is 1. The fraction of sp³-hybridized carbons (Fsp3) is 0.458. The van der Waals surface area contributed by atoms with Crippen LogP contribution in [-0.4, -0.2) is 19.1 Å². The largest absolute Gasteiger partial charge is 0.494 e. The molecule has 1 N–H and O–H groups in total. The van der Waals surface area contributed by atoms with E-state index in [2.05, 4.69) is 42.0 Å². The Kier molecular flexibility index (Phi) is 10.1. The number of hydrogen-bond acceptors (Lipinski definition) is 3. The summed E-state index contributed by atoms with van der Waals surface area (Å²) in [6, 6.07) is 12.9. The molecule has 0 unspecified atom stereocenters. The summed E-state index contributed by atoms with van der Waals surface area (Å²) in [5.74, 6) is 1.95. The van der Waals surface area contributed by atoms with Crippen molar-refractivity contribution in [3.05, 3.63) is 52.5 Å². The zero-order valence-corrected chi connectivity index (χ0v) is 19.3. The van der Waals surface area contributed by atoms with Crippen molar-refractivity contribution in [1.82, 2.24) is 0 Å². The van der Waals surface area contributed by atoms with Gasteiger partial charge in [0.1, 0.15) is 11.5 Å². The highest BCUT2D eigenvalue weighted by atomic mass is 79.9. The molecule has 0 bridgehead atoms. The summed E-state index contributed by atoms with van der Waals surface area (Å²) < 4.78 is 12.4. The van der Waals surface area contributed by atoms with Crippen LogP contribution < -0.4 is 14.8 Å². The van der Waals surface area contributed by atoms with Crippen LogP contribution >= 0.6 is 15.9 Å². The molecule has 158 valence electrons. The summed E-state index contributed by atoms with van der Waals surface area (Å²) >= 11 is 3.50. The lowest BCUT2D eigenvalue weighted by molar-refractivity contribution is 0.102. The fourth-order valence-corrected chi connectivity index (χ4v) is 3.24. The van der Waals surface area contributed by atoms with Crippen LogP contribution in [0.25, 0.3) is 0 Å². The molecule has 0 atom stereocenters. The first-order valence-electron chi connectivity index (χ1n) is 10.5. The smallest absolute Gasteiger partial charge is 0.255 e. The zero-order valence-electron chi connectivity index (χ0n) is 17.7. The van der Waals surface area contributed by atoms with E-state index in [-0.39, 0.29) is 5.91 Å². The van der Waals surface area contributed by atoms with Crippen LogP contribution in [0, 0.1) is 5.92 Å². The number of rotatable bonds is 12. The minimum absolute atomic E-state index is 0.167. The molecule has 2 aromatic rings. The Bertz CT molecular complexity index is 776. The molecule has 5 heteroatoms. The molecule has 0 heterocycles. The number of anilines is 1. The van der Waals surface area contributed by atoms with Crippen LogP contribution in [0.5, 0.6) is 11.5 Å². The third-order valence-corrected chi connectivity index (χ3v) is 5.13. The van der Waals surface area contributed by atoms with Crippen molar-refractivity contribution in [1.29, 1.82) is 0 Å². The first-order chi connectivity index (χ1) is 14.0. The molecule has 0 aliphatic rings. The number of carbonyl (C=O) groups excluding carboxylic acids is 1. The SMILES string of the molecule is CCCCCCOc1cccc(NC(=O)c2ccc(OCCC(C)C)c(Br)c2)c1. The summed E-state index contributed by atoms with van der Waals surface area (Å²) in [6.07, 6.45) is 5.66. The zero-order chi connectivity index (χ0) is 21.1. The van der Waals surface area contributed by atoms with Gasteiger partial charge in [0.25, 0.3) is 5.91 Å². The van der Waals surface area contributed by atoms with Crippen LogP contribution in [0.15, 0.2) is 46.9 Å². The van der Waals surface area contributed by atoms with Crippen LogP contribution in [0.3, 0.4) is 0 Å². The Balaban J connectivity index is 1.90. The molecule has 2 rings (SSSR count). The molecule has 29 heavy (non-hydrogen) atoms. The summed E-state index contributed by atoms with van der Waals surface area (Å²) in [4.78, 5) is 12.6. The van der Waals surface area contributed by atoms with E-state index in [0.717, 1.165) is 34.5 Å². The highest BCUT2D eigenvalue weighted by molar-refractivity contribution is 9.10. The van der Waals surface area contributed by atoms with Crippen molar-refractivity contribution in [3.8, 4) is 11.5 Å². The number of halogens is 1. The van der Waals surface area contributed by atoms with E-state index in [1.54, 1.807) is 12.1 Å². The summed E-state index contributed by atoms with van der Waals surface area (Å²) in [7, 11) is 0. The first kappa shape index (κ1) is 23.3. The van der Waals surface area contributed by atoms with Gasteiger partial charge in [-0.25, -0.2) is 0 Å². The number of unbranched alkanes of at least 4 members (excludes halogenated alkanes) is 3. The van der Waals surface area contributed by atoms with E-state index in [4.69, 9.17) is 9.47 Å². The van der Waals surface area contributed by atoms with Crippen LogP contribution in [0.4, 0.5) is 5.69 Å². The molecule has 0 saturated heterocycles. The maximum atomic E-state index is 12.6. The van der Waals surface area contributed by atoms with Crippen LogP contribution in [0.2, 0.25) is 0 Å². The Morgan fingerprint density at radius 2 is 1.86 bits per heavy atom. The van der Waals surface area contributed by atoms with Gasteiger partial charge in [0.05, 0.1) is 17.7 Å². The van der Waals surface area contributed by atoms with Gasteiger partial charge >= 0.3 is 0 Å². The molecule has 4 nitrogen and oxygen atoms in total. The molecule has 0 spiro atoms. The van der Waals surface area contributed by atoms with Crippen molar-refractivity contribution in [2.45, 2.75) is 52.9 Å². The topological polar surface area (TPSA) is 47.6 Å². The fourth-order valence-electron chi connectivity index (χ4n) is 2.75. The van der Waals surface area contributed by atoms with Crippen LogP contribution in [-0.2, 0) is 0 Å². The van der Waals surface area contributed by atoms with Crippen molar-refractivity contribution in [2.75, 3.05) is 18.5 Å². The van der Waals surface area contributed by atoms with E-state index in [9.17, 15) is 4.79 Å². The Morgan fingerprint density at radius 1 is 1.03 bits per heavy atom. The van der Waals surface area contributed by atoms with Gasteiger partial charge in [-0.15, -0.1) is 0 Å². The van der Waals surface area contributed by atoms with Gasteiger partial charge < -0.3 is 14.8 Å². The summed E-state index contributed by atoms with van der Waals surface area (Å²) in [5, 5.41) is 2.93. The molecule has 0 aliphatic carbocycles. The lowest BCUT2D eigenvalue weighted by atomic mass is 10.1. The second-order valence-corrected chi connectivity index (χ2v) is 8.42. The molecule has 0 aliphatic heterocycles. The van der Waals surface area contributed by atoms with Crippen molar-refractivity contribution in [2.24, 2.45) is 5.92 Å².